The van der Waals surface area contributed by atoms with Crippen LogP contribution >= 0.6 is 11.8 Å². The minimum absolute atomic E-state index is 0.0888. The van der Waals surface area contributed by atoms with Gasteiger partial charge in [0.1, 0.15) is 5.69 Å². The highest BCUT2D eigenvalue weighted by Gasteiger charge is 2.35. The number of benzene rings is 1. The smallest absolute Gasteiger partial charge is 0.301 e. The van der Waals surface area contributed by atoms with E-state index in [1.165, 1.54) is 29.8 Å². The van der Waals surface area contributed by atoms with Gasteiger partial charge in [0.05, 0.1) is 17.5 Å². The van der Waals surface area contributed by atoms with Gasteiger partial charge in [-0.15, -0.1) is 10.2 Å². The third kappa shape index (κ3) is 5.76. The van der Waals surface area contributed by atoms with Crippen LogP contribution in [0, 0.1) is 0 Å². The molecule has 0 aliphatic heterocycles. The zero-order valence-electron chi connectivity index (χ0n) is 17.6. The Bertz CT molecular complexity index is 1200. The van der Waals surface area contributed by atoms with Gasteiger partial charge in [-0.05, 0) is 19.1 Å². The SMILES string of the molecule is CCn1c(SCC(=O)NN=Cc2ccccc2C(F)(F)F)nnc1-c1cc(C(F)(F)F)nn1C. The number of carbonyl (C=O) groups excluding carboxylic acids is 1. The van der Waals surface area contributed by atoms with Gasteiger partial charge in [-0.25, -0.2) is 5.43 Å². The Morgan fingerprint density at radius 1 is 1.15 bits per heavy atom. The van der Waals surface area contributed by atoms with Crippen molar-refractivity contribution in [1.82, 2.24) is 30.0 Å². The highest BCUT2D eigenvalue weighted by atomic mass is 32.2. The Kier molecular flexibility index (Phi) is 7.33. The third-order valence-corrected chi connectivity index (χ3v) is 5.39. The number of alkyl halides is 6. The predicted octanol–water partition coefficient (Wildman–Crippen LogP) is 3.98. The minimum atomic E-state index is -4.62. The van der Waals surface area contributed by atoms with E-state index in [4.69, 9.17) is 0 Å². The fourth-order valence-corrected chi connectivity index (χ4v) is 3.68. The molecule has 0 radical (unpaired) electrons. The van der Waals surface area contributed by atoms with Gasteiger partial charge in [0.2, 0.25) is 0 Å². The molecule has 1 aromatic carbocycles. The van der Waals surface area contributed by atoms with Crippen molar-refractivity contribution >= 4 is 23.9 Å². The van der Waals surface area contributed by atoms with E-state index in [9.17, 15) is 31.1 Å². The quantitative estimate of drug-likeness (QED) is 0.227. The van der Waals surface area contributed by atoms with Crippen molar-refractivity contribution in [1.29, 1.82) is 0 Å². The summed E-state index contributed by atoms with van der Waals surface area (Å²) in [5.41, 5.74) is 0.0361. The molecule has 0 fully saturated rings. The van der Waals surface area contributed by atoms with E-state index >= 15 is 0 Å². The zero-order chi connectivity index (χ0) is 25.1. The van der Waals surface area contributed by atoms with Crippen LogP contribution in [0.15, 0.2) is 40.6 Å². The lowest BCUT2D eigenvalue weighted by atomic mass is 10.1. The van der Waals surface area contributed by atoms with Crippen LogP contribution in [0.2, 0.25) is 0 Å². The zero-order valence-corrected chi connectivity index (χ0v) is 18.5. The second kappa shape index (κ2) is 9.87. The molecule has 182 valence electrons. The predicted molar refractivity (Wildman–Crippen MR) is 111 cm³/mol. The average molecular weight is 505 g/mol. The lowest BCUT2D eigenvalue weighted by molar-refractivity contribution is -0.141. The van der Waals surface area contributed by atoms with Gasteiger partial charge >= 0.3 is 12.4 Å². The van der Waals surface area contributed by atoms with Gasteiger partial charge in [-0.1, -0.05) is 30.0 Å². The van der Waals surface area contributed by atoms with Crippen LogP contribution in [-0.4, -0.2) is 42.4 Å². The second-order valence-corrected chi connectivity index (χ2v) is 7.70. The highest BCUT2D eigenvalue weighted by Crippen LogP contribution is 2.32. The molecule has 0 aliphatic rings. The Labute approximate surface area is 193 Å². The molecule has 15 heteroatoms. The van der Waals surface area contributed by atoms with Crippen molar-refractivity contribution in [2.75, 3.05) is 5.75 Å². The number of nitrogens with one attached hydrogen (secondary N) is 1. The maximum atomic E-state index is 13.0. The molecular formula is C19H17F6N7OS. The number of hydrogen-bond acceptors (Lipinski definition) is 6. The summed E-state index contributed by atoms with van der Waals surface area (Å²) in [6, 6.07) is 5.60. The van der Waals surface area contributed by atoms with Gasteiger partial charge in [0.25, 0.3) is 5.91 Å². The molecule has 0 saturated heterocycles. The van der Waals surface area contributed by atoms with Crippen molar-refractivity contribution in [2.45, 2.75) is 31.0 Å². The van der Waals surface area contributed by atoms with Gasteiger partial charge in [-0.2, -0.15) is 36.5 Å². The van der Waals surface area contributed by atoms with E-state index in [-0.39, 0.29) is 28.0 Å². The lowest BCUT2D eigenvalue weighted by Gasteiger charge is -2.09. The third-order valence-electron chi connectivity index (χ3n) is 4.42. The summed E-state index contributed by atoms with van der Waals surface area (Å²) in [5, 5.41) is 15.1. The molecule has 0 unspecified atom stereocenters. The number of nitrogens with zero attached hydrogens (tertiary/aromatic N) is 6. The van der Waals surface area contributed by atoms with Crippen LogP contribution in [0.5, 0.6) is 0 Å². The van der Waals surface area contributed by atoms with Crippen molar-refractivity contribution in [2.24, 2.45) is 12.1 Å². The molecule has 1 N–H and O–H groups in total. The largest absolute Gasteiger partial charge is 0.435 e. The second-order valence-electron chi connectivity index (χ2n) is 6.75. The Morgan fingerprint density at radius 3 is 2.47 bits per heavy atom. The topological polar surface area (TPSA) is 90.0 Å². The van der Waals surface area contributed by atoms with Crippen LogP contribution in [0.25, 0.3) is 11.5 Å². The van der Waals surface area contributed by atoms with E-state index in [0.717, 1.165) is 34.8 Å². The number of hydrazone groups is 1. The number of halogens is 6. The van der Waals surface area contributed by atoms with Gasteiger partial charge < -0.3 is 4.57 Å². The van der Waals surface area contributed by atoms with Crippen molar-refractivity contribution in [3.8, 4) is 11.5 Å². The molecule has 34 heavy (non-hydrogen) atoms. The molecule has 8 nitrogen and oxygen atoms in total. The van der Waals surface area contributed by atoms with Crippen LogP contribution < -0.4 is 5.43 Å². The molecule has 1 amide bonds. The lowest BCUT2D eigenvalue weighted by Crippen LogP contribution is -2.20. The standard InChI is InChI=1S/C19H17F6N7OS/c1-3-32-16(13-8-14(19(23,24)25)30-31(13)2)28-29-17(32)34-10-15(33)27-26-9-11-6-4-5-7-12(11)18(20,21)22/h4-9H,3,10H2,1-2H3,(H,27,33). The number of carbonyl (C=O) groups is 1. The summed E-state index contributed by atoms with van der Waals surface area (Å²) < 4.78 is 80.4. The van der Waals surface area contributed by atoms with Crippen molar-refractivity contribution in [3.63, 3.8) is 0 Å². The van der Waals surface area contributed by atoms with Gasteiger partial charge in [0, 0.05) is 19.2 Å². The number of thioether (sulfide) groups is 1. The van der Waals surface area contributed by atoms with E-state index in [2.05, 4.69) is 25.8 Å². The Hall–Kier alpha value is -3.36. The van der Waals surface area contributed by atoms with E-state index < -0.39 is 29.5 Å². The molecule has 0 aliphatic carbocycles. The van der Waals surface area contributed by atoms with Crippen molar-refractivity contribution in [3.05, 3.63) is 47.2 Å². The monoisotopic (exact) mass is 505 g/mol. The Balaban J connectivity index is 1.67. The molecule has 0 spiro atoms. The van der Waals surface area contributed by atoms with Gasteiger partial charge in [-0.3, -0.25) is 9.48 Å². The fraction of sp³-hybridized carbons (Fsp3) is 0.316. The van der Waals surface area contributed by atoms with E-state index in [1.54, 1.807) is 6.92 Å². The molecule has 3 aromatic rings. The van der Waals surface area contributed by atoms with Crippen molar-refractivity contribution < 1.29 is 31.1 Å². The molecule has 0 atom stereocenters. The molecule has 3 rings (SSSR count). The maximum absolute atomic E-state index is 13.0. The summed E-state index contributed by atoms with van der Waals surface area (Å²) in [5.74, 6) is -0.703. The molecule has 2 aromatic heterocycles. The molecular weight excluding hydrogens is 488 g/mol. The number of amides is 1. The maximum Gasteiger partial charge on any atom is 0.435 e. The van der Waals surface area contributed by atoms with Gasteiger partial charge in [0.15, 0.2) is 16.7 Å². The highest BCUT2D eigenvalue weighted by molar-refractivity contribution is 7.99. The van der Waals surface area contributed by atoms with Crippen LogP contribution in [0.4, 0.5) is 26.3 Å². The van der Waals surface area contributed by atoms with Crippen LogP contribution in [-0.2, 0) is 30.7 Å². The minimum Gasteiger partial charge on any atom is -0.301 e. The average Bonchev–Trinajstić information content (AvgIpc) is 3.34. The summed E-state index contributed by atoms with van der Waals surface area (Å²) in [6.45, 7) is 2.02. The van der Waals surface area contributed by atoms with E-state index in [0.29, 0.717) is 6.54 Å². The normalized spacial score (nSPS) is 12.5. The number of hydrogen-bond donors (Lipinski definition) is 1. The molecule has 0 bridgehead atoms. The summed E-state index contributed by atoms with van der Waals surface area (Å²) >= 11 is 0.939. The molecule has 0 saturated carbocycles. The summed E-state index contributed by atoms with van der Waals surface area (Å²) in [7, 11) is 1.34. The summed E-state index contributed by atoms with van der Waals surface area (Å²) in [6.07, 6.45) is -8.30. The number of aromatic nitrogens is 5. The number of aryl methyl sites for hydroxylation is 1. The first-order valence-electron chi connectivity index (χ1n) is 9.57. The molecule has 2 heterocycles. The van der Waals surface area contributed by atoms with Crippen LogP contribution in [0.1, 0.15) is 23.7 Å². The summed E-state index contributed by atoms with van der Waals surface area (Å²) in [4.78, 5) is 12.1. The first kappa shape index (κ1) is 25.3. The fourth-order valence-electron chi connectivity index (χ4n) is 2.89. The van der Waals surface area contributed by atoms with E-state index in [1.807, 2.05) is 0 Å². The number of rotatable bonds is 7. The first-order chi connectivity index (χ1) is 15.9. The first-order valence-corrected chi connectivity index (χ1v) is 10.6. The Morgan fingerprint density at radius 2 is 1.85 bits per heavy atom. The van der Waals surface area contributed by atoms with Crippen LogP contribution in [0.3, 0.4) is 0 Å².